The van der Waals surface area contributed by atoms with E-state index in [0.29, 0.717) is 12.1 Å². The molecule has 1 heterocycles. The van der Waals surface area contributed by atoms with Crippen molar-refractivity contribution < 1.29 is 5.11 Å². The zero-order chi connectivity index (χ0) is 8.27. The molecule has 0 radical (unpaired) electrons. The van der Waals surface area contributed by atoms with E-state index in [0.717, 1.165) is 5.69 Å². The molecule has 0 aliphatic carbocycles. The van der Waals surface area contributed by atoms with Crippen molar-refractivity contribution in [3.63, 3.8) is 0 Å². The van der Waals surface area contributed by atoms with Crippen molar-refractivity contribution in [1.29, 1.82) is 0 Å². The molecular weight excluding hydrogens is 140 g/mol. The minimum absolute atomic E-state index is 0.163. The number of hydrogen-bond acceptors (Lipinski definition) is 3. The van der Waals surface area contributed by atoms with Crippen LogP contribution in [-0.2, 0) is 6.42 Å². The van der Waals surface area contributed by atoms with Gasteiger partial charge in [-0.15, -0.1) is 0 Å². The third-order valence-corrected chi connectivity index (χ3v) is 1.22. The van der Waals surface area contributed by atoms with E-state index < -0.39 is 0 Å². The maximum absolute atomic E-state index is 8.87. The molecule has 1 aromatic rings. The topological polar surface area (TPSA) is 59.1 Å². The molecule has 0 spiro atoms. The minimum atomic E-state index is 0.163. The molecule has 0 fully saturated rings. The molecule has 58 valence electrons. The first-order valence-electron chi connectivity index (χ1n) is 3.25. The van der Waals surface area contributed by atoms with Gasteiger partial charge in [0, 0.05) is 17.8 Å². The summed E-state index contributed by atoms with van der Waals surface area (Å²) in [7, 11) is 0. The number of pyridine rings is 1. The first-order chi connectivity index (χ1) is 5.18. The summed E-state index contributed by atoms with van der Waals surface area (Å²) < 4.78 is 0. The number of nitrogens with zero attached hydrogens (tertiary/aromatic N) is 1. The van der Waals surface area contributed by atoms with Crippen LogP contribution in [-0.4, -0.2) is 10.1 Å². The van der Waals surface area contributed by atoms with E-state index in [1.165, 1.54) is 6.20 Å². The van der Waals surface area contributed by atoms with Crippen molar-refractivity contribution in [1.82, 2.24) is 4.98 Å². The Morgan fingerprint density at radius 3 is 2.82 bits per heavy atom. The van der Waals surface area contributed by atoms with Gasteiger partial charge in [0.1, 0.15) is 5.75 Å². The van der Waals surface area contributed by atoms with Crippen molar-refractivity contribution in [3.05, 3.63) is 36.3 Å². The van der Waals surface area contributed by atoms with Crippen LogP contribution in [0.2, 0.25) is 0 Å². The van der Waals surface area contributed by atoms with E-state index in [1.54, 1.807) is 12.1 Å². The largest absolute Gasteiger partial charge is 0.506 e. The first-order valence-corrected chi connectivity index (χ1v) is 3.25. The summed E-state index contributed by atoms with van der Waals surface area (Å²) in [5.74, 6) is 0.163. The minimum Gasteiger partial charge on any atom is -0.506 e. The molecule has 0 saturated carbocycles. The van der Waals surface area contributed by atoms with Crippen molar-refractivity contribution in [3.8, 4) is 5.75 Å². The fourth-order valence-corrected chi connectivity index (χ4v) is 0.754. The maximum atomic E-state index is 8.87. The lowest BCUT2D eigenvalue weighted by atomic mass is 10.2. The summed E-state index contributed by atoms with van der Waals surface area (Å²) in [5, 5.41) is 8.87. The second kappa shape index (κ2) is 3.05. The molecule has 1 rings (SSSR count). The molecule has 3 nitrogen and oxygen atoms in total. The van der Waals surface area contributed by atoms with Gasteiger partial charge in [0.15, 0.2) is 0 Å². The van der Waals surface area contributed by atoms with Gasteiger partial charge in [-0.05, 0) is 12.1 Å². The maximum Gasteiger partial charge on any atom is 0.133 e. The lowest BCUT2D eigenvalue weighted by Gasteiger charge is -1.98. The second-order valence-corrected chi connectivity index (χ2v) is 2.34. The van der Waals surface area contributed by atoms with Crippen LogP contribution in [0.1, 0.15) is 5.69 Å². The Bertz CT molecular complexity index is 253. The van der Waals surface area contributed by atoms with Crippen LogP contribution in [0.3, 0.4) is 0 Å². The van der Waals surface area contributed by atoms with Crippen LogP contribution in [0.4, 0.5) is 0 Å². The Hall–Kier alpha value is -1.51. The van der Waals surface area contributed by atoms with Crippen LogP contribution >= 0.6 is 0 Å². The number of allylic oxidation sites excluding steroid dienone is 1. The van der Waals surface area contributed by atoms with Gasteiger partial charge < -0.3 is 10.8 Å². The summed E-state index contributed by atoms with van der Waals surface area (Å²) in [6.45, 7) is 3.55. The van der Waals surface area contributed by atoms with Gasteiger partial charge in [0.05, 0.1) is 6.20 Å². The van der Waals surface area contributed by atoms with Crippen molar-refractivity contribution >= 4 is 0 Å². The molecule has 0 atom stereocenters. The molecule has 3 heteroatoms. The molecule has 3 N–H and O–H groups in total. The monoisotopic (exact) mass is 150 g/mol. The van der Waals surface area contributed by atoms with Gasteiger partial charge in [0.25, 0.3) is 0 Å². The van der Waals surface area contributed by atoms with Crippen LogP contribution in [0.15, 0.2) is 30.6 Å². The molecule has 0 amide bonds. The molecule has 0 saturated heterocycles. The summed E-state index contributed by atoms with van der Waals surface area (Å²) in [6.07, 6.45) is 1.94. The quantitative estimate of drug-likeness (QED) is 0.655. The van der Waals surface area contributed by atoms with Crippen molar-refractivity contribution in [2.75, 3.05) is 0 Å². The van der Waals surface area contributed by atoms with E-state index in [-0.39, 0.29) is 5.75 Å². The van der Waals surface area contributed by atoms with E-state index in [9.17, 15) is 0 Å². The van der Waals surface area contributed by atoms with E-state index in [1.807, 2.05) is 0 Å². The molecule has 1 aromatic heterocycles. The Morgan fingerprint density at radius 1 is 1.64 bits per heavy atom. The lowest BCUT2D eigenvalue weighted by molar-refractivity contribution is 0.472. The average molecular weight is 150 g/mol. The molecule has 0 aromatic carbocycles. The van der Waals surface area contributed by atoms with Crippen LogP contribution < -0.4 is 5.73 Å². The van der Waals surface area contributed by atoms with Crippen LogP contribution in [0, 0.1) is 0 Å². The lowest BCUT2D eigenvalue weighted by Crippen LogP contribution is -2.00. The van der Waals surface area contributed by atoms with Gasteiger partial charge in [-0.2, -0.15) is 0 Å². The fraction of sp³-hybridized carbons (Fsp3) is 0.125. The normalized spacial score (nSPS) is 9.45. The zero-order valence-electron chi connectivity index (χ0n) is 6.12. The molecule has 0 aliphatic heterocycles. The van der Waals surface area contributed by atoms with Gasteiger partial charge in [0.2, 0.25) is 0 Å². The Morgan fingerprint density at radius 2 is 2.36 bits per heavy atom. The summed E-state index contributed by atoms with van der Waals surface area (Å²) in [6, 6.07) is 3.29. The number of nitrogens with two attached hydrogens (primary N) is 1. The van der Waals surface area contributed by atoms with Crippen LogP contribution in [0.25, 0.3) is 0 Å². The average Bonchev–Trinajstić information content (AvgIpc) is 1.93. The standard InChI is InChI=1S/C8H10N2O/c1-6(9)4-7-2-3-8(11)5-10-7/h2-3,5,11H,1,4,9H2. The van der Waals surface area contributed by atoms with Crippen molar-refractivity contribution in [2.24, 2.45) is 5.73 Å². The highest BCUT2D eigenvalue weighted by Crippen LogP contribution is 2.07. The third-order valence-electron chi connectivity index (χ3n) is 1.22. The highest BCUT2D eigenvalue weighted by molar-refractivity contribution is 5.20. The highest BCUT2D eigenvalue weighted by atomic mass is 16.3. The van der Waals surface area contributed by atoms with Gasteiger partial charge >= 0.3 is 0 Å². The SMILES string of the molecule is C=C(N)Cc1ccc(O)cn1. The molecule has 0 aliphatic rings. The third kappa shape index (κ3) is 2.29. The molecule has 0 unspecified atom stereocenters. The number of aromatic nitrogens is 1. The van der Waals surface area contributed by atoms with E-state index in [2.05, 4.69) is 11.6 Å². The Balaban J connectivity index is 2.74. The summed E-state index contributed by atoms with van der Waals surface area (Å²) in [5.41, 5.74) is 6.75. The van der Waals surface area contributed by atoms with E-state index >= 15 is 0 Å². The smallest absolute Gasteiger partial charge is 0.133 e. The Kier molecular flexibility index (Phi) is 2.11. The zero-order valence-corrected chi connectivity index (χ0v) is 6.12. The highest BCUT2D eigenvalue weighted by Gasteiger charge is 1.94. The Labute approximate surface area is 65.2 Å². The van der Waals surface area contributed by atoms with Crippen molar-refractivity contribution in [2.45, 2.75) is 6.42 Å². The number of rotatable bonds is 2. The fourth-order valence-electron chi connectivity index (χ4n) is 0.754. The number of aromatic hydroxyl groups is 1. The van der Waals surface area contributed by atoms with Gasteiger partial charge in [-0.1, -0.05) is 6.58 Å². The predicted octanol–water partition coefficient (Wildman–Crippen LogP) is 0.802. The molecular formula is C8H10N2O. The predicted molar refractivity (Wildman–Crippen MR) is 42.9 cm³/mol. The van der Waals surface area contributed by atoms with Gasteiger partial charge in [-0.3, -0.25) is 4.98 Å². The summed E-state index contributed by atoms with van der Waals surface area (Å²) in [4.78, 5) is 3.93. The first kappa shape index (κ1) is 7.60. The van der Waals surface area contributed by atoms with Crippen LogP contribution in [0.5, 0.6) is 5.75 Å². The molecule has 11 heavy (non-hydrogen) atoms. The van der Waals surface area contributed by atoms with Gasteiger partial charge in [-0.25, -0.2) is 0 Å². The number of hydrogen-bond donors (Lipinski definition) is 2. The van der Waals surface area contributed by atoms with E-state index in [4.69, 9.17) is 10.8 Å². The summed E-state index contributed by atoms with van der Waals surface area (Å²) >= 11 is 0. The second-order valence-electron chi connectivity index (χ2n) is 2.34. The molecule has 0 bridgehead atoms.